The van der Waals surface area contributed by atoms with E-state index in [-0.39, 0.29) is 0 Å². The maximum absolute atomic E-state index is 6.07. The monoisotopic (exact) mass is 371 g/mol. The van der Waals surface area contributed by atoms with Crippen LogP contribution < -0.4 is 5.32 Å². The highest BCUT2D eigenvalue weighted by Crippen LogP contribution is 2.19. The Morgan fingerprint density at radius 3 is 2.85 bits per heavy atom. The minimum absolute atomic E-state index is 0.745. The quantitative estimate of drug-likeness (QED) is 0.530. The van der Waals surface area contributed by atoms with Crippen molar-refractivity contribution < 1.29 is 0 Å². The number of aryl methyl sites for hydroxylation is 2. The van der Waals surface area contributed by atoms with Gasteiger partial charge in [0.2, 0.25) is 0 Å². The van der Waals surface area contributed by atoms with E-state index in [1.807, 2.05) is 38.0 Å². The first-order valence-electron chi connectivity index (χ1n) is 8.77. The third kappa shape index (κ3) is 4.05. The number of guanidine groups is 1. The second kappa shape index (κ2) is 7.87. The number of nitrogens with zero attached hydrogens (tertiary/aromatic N) is 3. The van der Waals surface area contributed by atoms with Crippen LogP contribution in [0.4, 0.5) is 0 Å². The summed E-state index contributed by atoms with van der Waals surface area (Å²) in [6, 6.07) is 8.52. The number of nitrogens with one attached hydrogen (secondary N) is 2. The summed E-state index contributed by atoms with van der Waals surface area (Å²) >= 11 is 6.07. The molecule has 0 aliphatic heterocycles. The Labute approximate surface area is 159 Å². The lowest BCUT2D eigenvalue weighted by molar-refractivity contribution is 0.462. The SMILES string of the molecule is CN=C(NCCc1c[nH]c2cc(C)ccc12)N(C)Cc1cc(Cl)cn1C. The molecule has 0 aliphatic carbocycles. The molecule has 2 aromatic heterocycles. The first kappa shape index (κ1) is 18.4. The zero-order chi connectivity index (χ0) is 18.7. The molecule has 0 unspecified atom stereocenters. The zero-order valence-electron chi connectivity index (χ0n) is 15.8. The second-order valence-corrected chi connectivity index (χ2v) is 7.14. The van der Waals surface area contributed by atoms with Gasteiger partial charge in [-0.05, 0) is 36.6 Å². The van der Waals surface area contributed by atoms with Crippen molar-refractivity contribution in [1.82, 2.24) is 19.8 Å². The molecule has 0 fully saturated rings. The highest BCUT2D eigenvalue weighted by Gasteiger charge is 2.10. The molecule has 0 atom stereocenters. The molecule has 5 nitrogen and oxygen atoms in total. The van der Waals surface area contributed by atoms with Crippen molar-refractivity contribution in [3.8, 4) is 0 Å². The third-order valence-corrected chi connectivity index (χ3v) is 4.85. The fourth-order valence-electron chi connectivity index (χ4n) is 3.24. The highest BCUT2D eigenvalue weighted by atomic mass is 35.5. The van der Waals surface area contributed by atoms with Crippen LogP contribution in [0.2, 0.25) is 5.02 Å². The molecule has 138 valence electrons. The van der Waals surface area contributed by atoms with E-state index >= 15 is 0 Å². The Kier molecular flexibility index (Phi) is 5.57. The van der Waals surface area contributed by atoms with Gasteiger partial charge < -0.3 is 19.8 Å². The van der Waals surface area contributed by atoms with Gasteiger partial charge in [-0.1, -0.05) is 23.7 Å². The Balaban J connectivity index is 1.59. The number of aliphatic imine (C=N–C) groups is 1. The molecule has 0 bridgehead atoms. The van der Waals surface area contributed by atoms with Gasteiger partial charge in [0, 0.05) is 56.7 Å². The van der Waals surface area contributed by atoms with E-state index in [2.05, 4.69) is 51.5 Å². The second-order valence-electron chi connectivity index (χ2n) is 6.70. The summed E-state index contributed by atoms with van der Waals surface area (Å²) in [7, 11) is 5.85. The first-order chi connectivity index (χ1) is 12.5. The molecule has 0 amide bonds. The molecule has 0 radical (unpaired) electrons. The van der Waals surface area contributed by atoms with Crippen LogP contribution in [0, 0.1) is 6.92 Å². The molecule has 0 saturated carbocycles. The van der Waals surface area contributed by atoms with E-state index in [1.165, 1.54) is 22.0 Å². The van der Waals surface area contributed by atoms with Gasteiger partial charge in [-0.15, -0.1) is 0 Å². The molecular formula is C20H26ClN5. The Bertz CT molecular complexity index is 922. The predicted molar refractivity (Wildman–Crippen MR) is 110 cm³/mol. The summed E-state index contributed by atoms with van der Waals surface area (Å²) in [6.45, 7) is 3.68. The van der Waals surface area contributed by atoms with Gasteiger partial charge in [0.1, 0.15) is 0 Å². The number of rotatable bonds is 5. The van der Waals surface area contributed by atoms with Gasteiger partial charge >= 0.3 is 0 Å². The lowest BCUT2D eigenvalue weighted by Crippen LogP contribution is -2.39. The number of aromatic amines is 1. The summed E-state index contributed by atoms with van der Waals surface area (Å²) in [5, 5.41) is 5.50. The Hall–Kier alpha value is -2.40. The zero-order valence-corrected chi connectivity index (χ0v) is 16.6. The van der Waals surface area contributed by atoms with Crippen LogP contribution in [0.3, 0.4) is 0 Å². The number of hydrogen-bond acceptors (Lipinski definition) is 1. The standard InChI is InChI=1S/C20H26ClN5/c1-14-5-6-18-15(11-24-19(18)9-14)7-8-23-20(22-2)26(4)13-17-10-16(21)12-25(17)3/h5-6,9-12,24H,7-8,13H2,1-4H3,(H,22,23). The fourth-order valence-corrected chi connectivity index (χ4v) is 3.51. The van der Waals surface area contributed by atoms with Gasteiger partial charge in [-0.2, -0.15) is 0 Å². The van der Waals surface area contributed by atoms with Gasteiger partial charge in [0.05, 0.1) is 11.6 Å². The summed E-state index contributed by atoms with van der Waals surface area (Å²) in [6.07, 6.45) is 4.95. The molecule has 2 N–H and O–H groups in total. The molecule has 1 aromatic carbocycles. The lowest BCUT2D eigenvalue weighted by Gasteiger charge is -2.22. The minimum atomic E-state index is 0.745. The molecule has 0 saturated heterocycles. The normalized spacial score (nSPS) is 12.0. The predicted octanol–water partition coefficient (Wildman–Crippen LogP) is 3.72. The smallest absolute Gasteiger partial charge is 0.193 e. The number of halogens is 1. The third-order valence-electron chi connectivity index (χ3n) is 4.65. The van der Waals surface area contributed by atoms with Crippen molar-refractivity contribution in [3.63, 3.8) is 0 Å². The van der Waals surface area contributed by atoms with Crippen LogP contribution in [0.25, 0.3) is 10.9 Å². The van der Waals surface area contributed by atoms with Crippen LogP contribution >= 0.6 is 11.6 Å². The average Bonchev–Trinajstić information content (AvgIpc) is 3.13. The fraction of sp³-hybridized carbons (Fsp3) is 0.350. The van der Waals surface area contributed by atoms with Crippen molar-refractivity contribution in [2.24, 2.45) is 12.0 Å². The molecule has 3 rings (SSSR count). The topological polar surface area (TPSA) is 48.4 Å². The largest absolute Gasteiger partial charge is 0.361 e. The summed E-state index contributed by atoms with van der Waals surface area (Å²) in [5.41, 5.74) is 4.93. The van der Waals surface area contributed by atoms with Gasteiger partial charge in [-0.25, -0.2) is 0 Å². The van der Waals surface area contributed by atoms with Crippen LogP contribution in [-0.2, 0) is 20.0 Å². The maximum atomic E-state index is 6.07. The van der Waals surface area contributed by atoms with Crippen molar-refractivity contribution in [2.75, 3.05) is 20.6 Å². The molecule has 0 aliphatic rings. The first-order valence-corrected chi connectivity index (χ1v) is 9.15. The molecule has 0 spiro atoms. The van der Waals surface area contributed by atoms with E-state index in [0.717, 1.165) is 36.2 Å². The summed E-state index contributed by atoms with van der Waals surface area (Å²) in [5.74, 6) is 0.873. The molecule has 6 heteroatoms. The van der Waals surface area contributed by atoms with Gasteiger partial charge in [0.15, 0.2) is 5.96 Å². The van der Waals surface area contributed by atoms with Crippen LogP contribution in [-0.4, -0.2) is 41.1 Å². The van der Waals surface area contributed by atoms with Crippen molar-refractivity contribution in [1.29, 1.82) is 0 Å². The number of fused-ring (bicyclic) bond motifs is 1. The van der Waals surface area contributed by atoms with Crippen LogP contribution in [0.5, 0.6) is 0 Å². The lowest BCUT2D eigenvalue weighted by atomic mass is 10.1. The minimum Gasteiger partial charge on any atom is -0.361 e. The number of aromatic nitrogens is 2. The number of H-pyrrole nitrogens is 1. The van der Waals surface area contributed by atoms with Crippen molar-refractivity contribution >= 4 is 28.5 Å². The van der Waals surface area contributed by atoms with E-state index in [1.54, 1.807) is 0 Å². The van der Waals surface area contributed by atoms with Gasteiger partial charge in [0.25, 0.3) is 0 Å². The van der Waals surface area contributed by atoms with Gasteiger partial charge in [-0.3, -0.25) is 4.99 Å². The van der Waals surface area contributed by atoms with Crippen LogP contribution in [0.1, 0.15) is 16.8 Å². The Morgan fingerprint density at radius 1 is 1.35 bits per heavy atom. The average molecular weight is 372 g/mol. The highest BCUT2D eigenvalue weighted by molar-refractivity contribution is 6.30. The van der Waals surface area contributed by atoms with E-state index in [0.29, 0.717) is 0 Å². The number of hydrogen-bond donors (Lipinski definition) is 2. The van der Waals surface area contributed by atoms with Crippen LogP contribution in [0.15, 0.2) is 41.7 Å². The maximum Gasteiger partial charge on any atom is 0.193 e. The molecule has 2 heterocycles. The number of benzene rings is 1. The van der Waals surface area contributed by atoms with E-state index < -0.39 is 0 Å². The molecular weight excluding hydrogens is 346 g/mol. The molecule has 3 aromatic rings. The Morgan fingerprint density at radius 2 is 2.15 bits per heavy atom. The van der Waals surface area contributed by atoms with Crippen molar-refractivity contribution in [2.45, 2.75) is 19.9 Å². The van der Waals surface area contributed by atoms with E-state index in [4.69, 9.17) is 11.6 Å². The summed E-state index contributed by atoms with van der Waals surface area (Å²) in [4.78, 5) is 9.86. The van der Waals surface area contributed by atoms with Crippen molar-refractivity contribution in [3.05, 3.63) is 58.5 Å². The van der Waals surface area contributed by atoms with E-state index in [9.17, 15) is 0 Å². The summed E-state index contributed by atoms with van der Waals surface area (Å²) < 4.78 is 2.04. The molecule has 26 heavy (non-hydrogen) atoms.